The van der Waals surface area contributed by atoms with Crippen molar-refractivity contribution in [2.45, 2.75) is 23.2 Å². The van der Waals surface area contributed by atoms with Gasteiger partial charge in [-0.05, 0) is 25.0 Å². The number of nitrogens with one attached hydrogen (secondary N) is 1. The molecule has 3 heterocycles. The SMILES string of the molecule is Nc1nnc(SCC(=O)N2CCC[C@@H]2c2nc3ccccc3[nH]2)s1. The Morgan fingerprint density at radius 3 is 3.08 bits per heavy atom. The third-order valence-electron chi connectivity index (χ3n) is 4.04. The molecule has 24 heavy (non-hydrogen) atoms. The number of hydrogen-bond acceptors (Lipinski definition) is 7. The van der Waals surface area contributed by atoms with Crippen molar-refractivity contribution < 1.29 is 4.79 Å². The fraction of sp³-hybridized carbons (Fsp3) is 0.333. The minimum absolute atomic E-state index is 0.0185. The van der Waals surface area contributed by atoms with Crippen LogP contribution in [0.2, 0.25) is 0 Å². The Balaban J connectivity index is 1.48. The fourth-order valence-corrected chi connectivity index (χ4v) is 4.49. The van der Waals surface area contributed by atoms with Gasteiger partial charge in [-0.2, -0.15) is 0 Å². The largest absolute Gasteiger partial charge is 0.374 e. The van der Waals surface area contributed by atoms with Crippen molar-refractivity contribution in [1.29, 1.82) is 0 Å². The molecule has 0 radical (unpaired) electrons. The number of nitrogens with two attached hydrogens (primary N) is 1. The van der Waals surface area contributed by atoms with Crippen LogP contribution in [0.4, 0.5) is 5.13 Å². The Kier molecular flexibility index (Phi) is 4.11. The van der Waals surface area contributed by atoms with Gasteiger partial charge in [0.05, 0.1) is 22.8 Å². The number of thioether (sulfide) groups is 1. The van der Waals surface area contributed by atoms with Crippen LogP contribution in [0.3, 0.4) is 0 Å². The number of anilines is 1. The predicted molar refractivity (Wildman–Crippen MR) is 94.8 cm³/mol. The highest BCUT2D eigenvalue weighted by Gasteiger charge is 2.32. The number of fused-ring (bicyclic) bond motifs is 1. The van der Waals surface area contributed by atoms with Crippen LogP contribution in [-0.2, 0) is 4.79 Å². The first-order valence-corrected chi connectivity index (χ1v) is 9.47. The predicted octanol–water partition coefficient (Wildman–Crippen LogP) is 2.45. The molecule has 1 fully saturated rings. The van der Waals surface area contributed by atoms with Crippen molar-refractivity contribution in [2.75, 3.05) is 18.0 Å². The first-order valence-electron chi connectivity index (χ1n) is 7.66. The van der Waals surface area contributed by atoms with Crippen molar-refractivity contribution in [3.63, 3.8) is 0 Å². The summed E-state index contributed by atoms with van der Waals surface area (Å²) in [6, 6.07) is 7.95. The second kappa shape index (κ2) is 6.40. The van der Waals surface area contributed by atoms with E-state index < -0.39 is 0 Å². The number of likely N-dealkylation sites (tertiary alicyclic amines) is 1. The van der Waals surface area contributed by atoms with Crippen molar-refractivity contribution in [3.05, 3.63) is 30.1 Å². The number of imidazole rings is 1. The van der Waals surface area contributed by atoms with Crippen LogP contribution in [0.5, 0.6) is 0 Å². The number of carbonyl (C=O) groups excluding carboxylic acids is 1. The Labute approximate surface area is 146 Å². The normalized spacial score (nSPS) is 17.7. The topological polar surface area (TPSA) is 101 Å². The molecule has 1 aliphatic rings. The third kappa shape index (κ3) is 2.96. The Morgan fingerprint density at radius 2 is 2.29 bits per heavy atom. The highest BCUT2D eigenvalue weighted by Crippen LogP contribution is 2.33. The van der Waals surface area contributed by atoms with E-state index in [2.05, 4.69) is 20.2 Å². The zero-order valence-corrected chi connectivity index (χ0v) is 14.4. The van der Waals surface area contributed by atoms with Crippen LogP contribution < -0.4 is 5.73 Å². The molecule has 4 rings (SSSR count). The average Bonchev–Trinajstić information content (AvgIpc) is 3.30. The molecule has 0 bridgehead atoms. The summed E-state index contributed by atoms with van der Waals surface area (Å²) in [5.74, 6) is 1.30. The lowest BCUT2D eigenvalue weighted by Gasteiger charge is -2.22. The molecule has 0 unspecified atom stereocenters. The van der Waals surface area contributed by atoms with Crippen LogP contribution >= 0.6 is 23.1 Å². The van der Waals surface area contributed by atoms with Crippen molar-refractivity contribution in [3.8, 4) is 0 Å². The lowest BCUT2D eigenvalue weighted by molar-refractivity contribution is -0.129. The smallest absolute Gasteiger partial charge is 0.233 e. The van der Waals surface area contributed by atoms with E-state index >= 15 is 0 Å². The Morgan fingerprint density at radius 1 is 1.42 bits per heavy atom. The highest BCUT2D eigenvalue weighted by molar-refractivity contribution is 8.01. The summed E-state index contributed by atoms with van der Waals surface area (Å²) in [6.45, 7) is 0.763. The monoisotopic (exact) mass is 360 g/mol. The van der Waals surface area contributed by atoms with E-state index in [0.29, 0.717) is 10.9 Å². The zero-order chi connectivity index (χ0) is 16.5. The standard InChI is InChI=1S/C15H16N6OS2/c16-14-19-20-15(24-14)23-8-12(22)21-7-3-6-11(21)13-17-9-4-1-2-5-10(9)18-13/h1-2,4-5,11H,3,6-8H2,(H2,16,19)(H,17,18)/t11-/m1/s1. The van der Waals surface area contributed by atoms with Crippen LogP contribution in [0.1, 0.15) is 24.7 Å². The molecule has 3 aromatic rings. The van der Waals surface area contributed by atoms with Crippen LogP contribution in [0, 0.1) is 0 Å². The molecule has 1 amide bonds. The number of carbonyl (C=O) groups is 1. The maximum absolute atomic E-state index is 12.6. The van der Waals surface area contributed by atoms with Crippen molar-refractivity contribution in [2.24, 2.45) is 0 Å². The van der Waals surface area contributed by atoms with Crippen LogP contribution in [0.15, 0.2) is 28.6 Å². The molecule has 3 N–H and O–H groups in total. The first-order chi connectivity index (χ1) is 11.7. The molecule has 1 aromatic carbocycles. The van der Waals surface area contributed by atoms with E-state index in [1.54, 1.807) is 0 Å². The summed E-state index contributed by atoms with van der Waals surface area (Å²) in [5.41, 5.74) is 7.51. The van der Waals surface area contributed by atoms with E-state index in [1.807, 2.05) is 29.2 Å². The Hall–Kier alpha value is -2.13. The van der Waals surface area contributed by atoms with E-state index in [-0.39, 0.29) is 11.9 Å². The number of nitrogen functional groups attached to an aromatic ring is 1. The van der Waals surface area contributed by atoms with Gasteiger partial charge in [0.1, 0.15) is 5.82 Å². The van der Waals surface area contributed by atoms with Crippen LogP contribution in [-0.4, -0.2) is 43.3 Å². The number of hydrogen-bond donors (Lipinski definition) is 2. The lowest BCUT2D eigenvalue weighted by Crippen LogP contribution is -2.32. The number of aromatic nitrogens is 4. The van der Waals surface area contributed by atoms with Gasteiger partial charge in [0.25, 0.3) is 0 Å². The number of amides is 1. The summed E-state index contributed by atoms with van der Waals surface area (Å²) < 4.78 is 0.723. The molecule has 0 aliphatic carbocycles. The van der Waals surface area contributed by atoms with Crippen molar-refractivity contribution >= 4 is 45.2 Å². The maximum Gasteiger partial charge on any atom is 0.233 e. The molecule has 1 atom stereocenters. The van der Waals surface area contributed by atoms with Crippen LogP contribution in [0.25, 0.3) is 11.0 Å². The summed E-state index contributed by atoms with van der Waals surface area (Å²) in [6.07, 6.45) is 1.92. The summed E-state index contributed by atoms with van der Waals surface area (Å²) in [7, 11) is 0. The van der Waals surface area contributed by atoms with Gasteiger partial charge in [0.2, 0.25) is 11.0 Å². The first kappa shape index (κ1) is 15.4. The van der Waals surface area contributed by atoms with Gasteiger partial charge in [-0.15, -0.1) is 10.2 Å². The van der Waals surface area contributed by atoms with Crippen molar-refractivity contribution in [1.82, 2.24) is 25.1 Å². The molecule has 9 heteroatoms. The Bertz CT molecular complexity index is 843. The fourth-order valence-electron chi connectivity index (χ4n) is 2.96. The van der Waals surface area contributed by atoms with Gasteiger partial charge in [0.15, 0.2) is 4.34 Å². The van der Waals surface area contributed by atoms with Gasteiger partial charge < -0.3 is 15.6 Å². The molecule has 2 aromatic heterocycles. The van der Waals surface area contributed by atoms with Gasteiger partial charge >= 0.3 is 0 Å². The second-order valence-electron chi connectivity index (χ2n) is 5.58. The number of nitrogens with zero attached hydrogens (tertiary/aromatic N) is 4. The maximum atomic E-state index is 12.6. The van der Waals surface area contributed by atoms with E-state index in [0.717, 1.165) is 40.6 Å². The quantitative estimate of drug-likeness (QED) is 0.693. The van der Waals surface area contributed by atoms with Gasteiger partial charge in [0, 0.05) is 6.54 Å². The molecule has 1 aliphatic heterocycles. The van der Waals surface area contributed by atoms with Gasteiger partial charge in [-0.3, -0.25) is 4.79 Å². The molecular formula is C15H16N6OS2. The molecule has 0 saturated carbocycles. The molecule has 124 valence electrons. The second-order valence-corrected chi connectivity index (χ2v) is 7.81. The number of rotatable bonds is 4. The van der Waals surface area contributed by atoms with E-state index in [4.69, 9.17) is 5.73 Å². The number of H-pyrrole nitrogens is 1. The third-order valence-corrected chi connectivity index (χ3v) is 5.91. The molecule has 0 spiro atoms. The van der Waals surface area contributed by atoms with E-state index in [1.165, 1.54) is 23.1 Å². The van der Waals surface area contributed by atoms with Gasteiger partial charge in [-0.25, -0.2) is 4.98 Å². The molecular weight excluding hydrogens is 344 g/mol. The number of para-hydroxylation sites is 2. The lowest BCUT2D eigenvalue weighted by atomic mass is 10.2. The van der Waals surface area contributed by atoms with Gasteiger partial charge in [-0.1, -0.05) is 35.2 Å². The number of aromatic amines is 1. The average molecular weight is 360 g/mol. The summed E-state index contributed by atoms with van der Waals surface area (Å²) in [5, 5.41) is 8.12. The minimum Gasteiger partial charge on any atom is -0.374 e. The van der Waals surface area contributed by atoms with E-state index in [9.17, 15) is 4.79 Å². The minimum atomic E-state index is 0.0185. The number of benzene rings is 1. The summed E-state index contributed by atoms with van der Waals surface area (Å²) in [4.78, 5) is 22.5. The summed E-state index contributed by atoms with van der Waals surface area (Å²) >= 11 is 2.68. The zero-order valence-electron chi connectivity index (χ0n) is 12.8. The highest BCUT2D eigenvalue weighted by atomic mass is 32.2. The molecule has 7 nitrogen and oxygen atoms in total. The molecule has 1 saturated heterocycles.